The number of carbonyl (C=O) groups is 1. The van der Waals surface area contributed by atoms with Gasteiger partial charge in [-0.1, -0.05) is 30.3 Å². The molecule has 1 unspecified atom stereocenters. The zero-order valence-corrected chi connectivity index (χ0v) is 16.3. The topological polar surface area (TPSA) is 86.3 Å². The molecule has 0 radical (unpaired) electrons. The van der Waals surface area contributed by atoms with Crippen molar-refractivity contribution in [3.63, 3.8) is 0 Å². The van der Waals surface area contributed by atoms with Gasteiger partial charge in [-0.25, -0.2) is 9.67 Å². The maximum absolute atomic E-state index is 11.4. The highest BCUT2D eigenvalue weighted by Crippen LogP contribution is 2.29. The fourth-order valence-electron chi connectivity index (χ4n) is 4.41. The summed E-state index contributed by atoms with van der Waals surface area (Å²) in [6.45, 7) is 4.52. The molecule has 0 spiro atoms. The Morgan fingerprint density at radius 1 is 1.18 bits per heavy atom. The highest BCUT2D eigenvalue weighted by Gasteiger charge is 2.31. The van der Waals surface area contributed by atoms with E-state index in [-0.39, 0.29) is 6.42 Å². The lowest BCUT2D eigenvalue weighted by molar-refractivity contribution is -0.117. The first-order chi connectivity index (χ1) is 13.7. The molecule has 150 valence electrons. The number of amides is 1. The van der Waals surface area contributed by atoms with Crippen LogP contribution in [-0.2, 0) is 22.5 Å². The Kier molecular flexibility index (Phi) is 6.02. The van der Waals surface area contributed by atoms with E-state index in [2.05, 4.69) is 22.1 Å². The van der Waals surface area contributed by atoms with Crippen molar-refractivity contribution < 1.29 is 9.53 Å². The van der Waals surface area contributed by atoms with E-state index >= 15 is 0 Å². The van der Waals surface area contributed by atoms with Gasteiger partial charge in [0.2, 0.25) is 5.91 Å². The van der Waals surface area contributed by atoms with Crippen LogP contribution in [0.5, 0.6) is 0 Å². The second-order valence-electron chi connectivity index (χ2n) is 7.85. The summed E-state index contributed by atoms with van der Waals surface area (Å²) in [5, 5.41) is 4.62. The van der Waals surface area contributed by atoms with Gasteiger partial charge in [-0.15, -0.1) is 0 Å². The molecule has 3 heterocycles. The first-order valence-electron chi connectivity index (χ1n) is 10.3. The SMILES string of the molecule is NC(=O)Cc1nc(C2CCCN(C3CCOCC3)C2)n(Cc2ccccc2)n1. The third-order valence-corrected chi connectivity index (χ3v) is 5.78. The minimum Gasteiger partial charge on any atom is -0.381 e. The van der Waals surface area contributed by atoms with E-state index < -0.39 is 5.91 Å². The zero-order valence-electron chi connectivity index (χ0n) is 16.3. The van der Waals surface area contributed by atoms with Gasteiger partial charge in [-0.3, -0.25) is 9.69 Å². The van der Waals surface area contributed by atoms with Crippen LogP contribution in [0.15, 0.2) is 30.3 Å². The Labute approximate surface area is 165 Å². The number of nitrogens with two attached hydrogens (primary N) is 1. The number of nitrogens with zero attached hydrogens (tertiary/aromatic N) is 4. The van der Waals surface area contributed by atoms with Crippen LogP contribution in [0.3, 0.4) is 0 Å². The number of hydrogen-bond donors (Lipinski definition) is 1. The maximum Gasteiger partial charge on any atom is 0.225 e. The molecule has 1 amide bonds. The van der Waals surface area contributed by atoms with Gasteiger partial charge in [0.1, 0.15) is 5.82 Å². The summed E-state index contributed by atoms with van der Waals surface area (Å²) < 4.78 is 7.51. The number of carbonyl (C=O) groups excluding carboxylic acids is 1. The van der Waals surface area contributed by atoms with Gasteiger partial charge in [0.25, 0.3) is 0 Å². The first-order valence-corrected chi connectivity index (χ1v) is 10.3. The minimum absolute atomic E-state index is 0.0885. The van der Waals surface area contributed by atoms with E-state index in [0.717, 1.165) is 57.8 Å². The molecule has 2 aliphatic rings. The van der Waals surface area contributed by atoms with Gasteiger partial charge < -0.3 is 10.5 Å². The molecule has 2 fully saturated rings. The van der Waals surface area contributed by atoms with Crippen molar-refractivity contribution in [1.29, 1.82) is 0 Å². The number of likely N-dealkylation sites (tertiary alicyclic amines) is 1. The summed E-state index contributed by atoms with van der Waals surface area (Å²) in [5.74, 6) is 1.45. The quantitative estimate of drug-likeness (QED) is 0.821. The standard InChI is InChI=1S/C21H29N5O2/c22-19(27)13-20-23-21(26(24-20)14-16-5-2-1-3-6-16)17-7-4-10-25(15-17)18-8-11-28-12-9-18/h1-3,5-6,17-18H,4,7-15H2,(H2,22,27). The summed E-state index contributed by atoms with van der Waals surface area (Å²) in [4.78, 5) is 18.7. The Morgan fingerprint density at radius 3 is 2.71 bits per heavy atom. The molecule has 0 bridgehead atoms. The predicted octanol–water partition coefficient (Wildman–Crippen LogP) is 1.71. The van der Waals surface area contributed by atoms with Gasteiger partial charge in [-0.05, 0) is 37.8 Å². The van der Waals surface area contributed by atoms with Crippen LogP contribution >= 0.6 is 0 Å². The van der Waals surface area contributed by atoms with Crippen LogP contribution in [0.25, 0.3) is 0 Å². The van der Waals surface area contributed by atoms with E-state index in [0.29, 0.717) is 24.3 Å². The Hall–Kier alpha value is -2.25. The summed E-state index contributed by atoms with van der Waals surface area (Å²) in [7, 11) is 0. The molecule has 1 aromatic carbocycles. The smallest absolute Gasteiger partial charge is 0.225 e. The largest absolute Gasteiger partial charge is 0.381 e. The average Bonchev–Trinajstić information content (AvgIpc) is 3.11. The molecule has 0 saturated carbocycles. The number of benzene rings is 1. The number of ether oxygens (including phenoxy) is 1. The van der Waals surface area contributed by atoms with Crippen molar-refractivity contribution in [2.24, 2.45) is 5.73 Å². The maximum atomic E-state index is 11.4. The molecule has 2 aliphatic heterocycles. The van der Waals surface area contributed by atoms with Crippen LogP contribution in [0.4, 0.5) is 0 Å². The number of aromatic nitrogens is 3. The summed E-state index contributed by atoms with van der Waals surface area (Å²) >= 11 is 0. The van der Waals surface area contributed by atoms with E-state index in [9.17, 15) is 4.79 Å². The fourth-order valence-corrected chi connectivity index (χ4v) is 4.41. The first kappa shape index (κ1) is 19.1. The van der Waals surface area contributed by atoms with Crippen LogP contribution in [0.2, 0.25) is 0 Å². The zero-order chi connectivity index (χ0) is 19.3. The van der Waals surface area contributed by atoms with Gasteiger partial charge >= 0.3 is 0 Å². The summed E-state index contributed by atoms with van der Waals surface area (Å²) in [5.41, 5.74) is 6.56. The van der Waals surface area contributed by atoms with Crippen molar-refractivity contribution in [2.75, 3.05) is 26.3 Å². The van der Waals surface area contributed by atoms with Crippen LogP contribution < -0.4 is 5.73 Å². The van der Waals surface area contributed by atoms with Crippen LogP contribution in [0, 0.1) is 0 Å². The van der Waals surface area contributed by atoms with Crippen molar-refractivity contribution >= 4 is 5.91 Å². The number of rotatable bonds is 6. The van der Waals surface area contributed by atoms with Crippen molar-refractivity contribution in [1.82, 2.24) is 19.7 Å². The van der Waals surface area contributed by atoms with Gasteiger partial charge in [0.05, 0.1) is 13.0 Å². The number of primary amides is 1. The van der Waals surface area contributed by atoms with E-state index in [4.69, 9.17) is 15.5 Å². The Morgan fingerprint density at radius 2 is 1.96 bits per heavy atom. The molecule has 7 heteroatoms. The second kappa shape index (κ2) is 8.84. The van der Waals surface area contributed by atoms with Gasteiger partial charge in [0.15, 0.2) is 5.82 Å². The lowest BCUT2D eigenvalue weighted by Gasteiger charge is -2.39. The molecule has 28 heavy (non-hydrogen) atoms. The number of hydrogen-bond acceptors (Lipinski definition) is 5. The monoisotopic (exact) mass is 383 g/mol. The molecular weight excluding hydrogens is 354 g/mol. The van der Waals surface area contributed by atoms with Crippen molar-refractivity contribution in [3.8, 4) is 0 Å². The molecule has 2 saturated heterocycles. The third-order valence-electron chi connectivity index (χ3n) is 5.78. The van der Waals surface area contributed by atoms with E-state index in [1.807, 2.05) is 22.9 Å². The van der Waals surface area contributed by atoms with Gasteiger partial charge in [-0.2, -0.15) is 5.10 Å². The molecule has 7 nitrogen and oxygen atoms in total. The molecule has 4 rings (SSSR count). The highest BCUT2D eigenvalue weighted by molar-refractivity contribution is 5.75. The van der Waals surface area contributed by atoms with Crippen molar-refractivity contribution in [2.45, 2.75) is 50.6 Å². The summed E-state index contributed by atoms with van der Waals surface area (Å²) in [6.07, 6.45) is 4.56. The predicted molar refractivity (Wildman–Crippen MR) is 106 cm³/mol. The Bertz CT molecular complexity index is 785. The fraction of sp³-hybridized carbons (Fsp3) is 0.571. The van der Waals surface area contributed by atoms with Crippen molar-refractivity contribution in [3.05, 3.63) is 47.5 Å². The average molecular weight is 383 g/mol. The normalized spacial score (nSPS) is 21.6. The molecular formula is C21H29N5O2. The van der Waals surface area contributed by atoms with Crippen LogP contribution in [-0.4, -0.2) is 57.9 Å². The molecule has 1 aromatic heterocycles. The third kappa shape index (κ3) is 4.59. The molecule has 1 atom stereocenters. The molecule has 0 aliphatic carbocycles. The minimum atomic E-state index is -0.393. The Balaban J connectivity index is 1.55. The lowest BCUT2D eigenvalue weighted by atomic mass is 9.94. The lowest BCUT2D eigenvalue weighted by Crippen LogP contribution is -2.45. The second-order valence-corrected chi connectivity index (χ2v) is 7.85. The highest BCUT2D eigenvalue weighted by atomic mass is 16.5. The summed E-state index contributed by atoms with van der Waals surface area (Å²) in [6, 6.07) is 10.9. The molecule has 2 aromatic rings. The number of piperidine rings is 1. The van der Waals surface area contributed by atoms with Gasteiger partial charge in [0, 0.05) is 31.7 Å². The van der Waals surface area contributed by atoms with E-state index in [1.54, 1.807) is 0 Å². The molecule has 2 N–H and O–H groups in total. The van der Waals surface area contributed by atoms with E-state index in [1.165, 1.54) is 5.56 Å². The van der Waals surface area contributed by atoms with Crippen LogP contribution in [0.1, 0.15) is 48.8 Å².